The van der Waals surface area contributed by atoms with Crippen molar-refractivity contribution in [3.63, 3.8) is 0 Å². The molecule has 0 unspecified atom stereocenters. The van der Waals surface area contributed by atoms with E-state index in [1.807, 2.05) is 0 Å². The molecule has 10 heteroatoms. The van der Waals surface area contributed by atoms with Crippen LogP contribution in [0.4, 0.5) is 4.39 Å². The summed E-state index contributed by atoms with van der Waals surface area (Å²) in [5.41, 5.74) is 1.10. The second kappa shape index (κ2) is 13.7. The summed E-state index contributed by atoms with van der Waals surface area (Å²) in [5.74, 6) is -0.800. The Kier molecular flexibility index (Phi) is 9.88. The van der Waals surface area contributed by atoms with Gasteiger partial charge in [0.05, 0.1) is 36.9 Å². The maximum atomic E-state index is 13.6. The van der Waals surface area contributed by atoms with Crippen molar-refractivity contribution in [1.82, 2.24) is 9.80 Å². The van der Waals surface area contributed by atoms with Gasteiger partial charge in [-0.05, 0) is 54.1 Å². The normalized spacial score (nSPS) is 10.9. The van der Waals surface area contributed by atoms with Gasteiger partial charge in [-0.25, -0.2) is 4.39 Å². The van der Waals surface area contributed by atoms with Crippen LogP contribution in [0.15, 0.2) is 88.3 Å². The first kappa shape index (κ1) is 28.8. The Labute approximate surface area is 235 Å². The summed E-state index contributed by atoms with van der Waals surface area (Å²) in [4.78, 5) is 42.6. The van der Waals surface area contributed by atoms with Crippen molar-refractivity contribution < 1.29 is 27.9 Å². The molecule has 2 amide bonds. The quantitative estimate of drug-likeness (QED) is 0.248. The van der Waals surface area contributed by atoms with Crippen LogP contribution in [0.5, 0.6) is 5.75 Å². The summed E-state index contributed by atoms with van der Waals surface area (Å²) in [7, 11) is 1.49. The third kappa shape index (κ3) is 7.68. The molecule has 0 saturated heterocycles. The van der Waals surface area contributed by atoms with Crippen LogP contribution in [0.25, 0.3) is 11.0 Å². The molecule has 0 radical (unpaired) electrons. The van der Waals surface area contributed by atoms with Crippen molar-refractivity contribution in [1.29, 1.82) is 0 Å². The van der Waals surface area contributed by atoms with E-state index in [9.17, 15) is 18.8 Å². The summed E-state index contributed by atoms with van der Waals surface area (Å²) < 4.78 is 29.9. The van der Waals surface area contributed by atoms with E-state index in [-0.39, 0.29) is 50.4 Å². The maximum Gasteiger partial charge on any atom is 0.261 e. The Hall–Kier alpha value is -4.21. The second-order valence-corrected chi connectivity index (χ2v) is 9.45. The zero-order valence-electron chi connectivity index (χ0n) is 21.8. The number of fused-ring (bicyclic) bond motifs is 1. The predicted octanol–water partition coefficient (Wildman–Crippen LogP) is 4.67. The average Bonchev–Trinajstić information content (AvgIpc) is 2.96. The zero-order valence-corrected chi connectivity index (χ0v) is 22.6. The van der Waals surface area contributed by atoms with Gasteiger partial charge in [0, 0.05) is 25.2 Å². The molecule has 0 N–H and O–H groups in total. The monoisotopic (exact) mass is 566 g/mol. The van der Waals surface area contributed by atoms with Gasteiger partial charge in [-0.15, -0.1) is 0 Å². The van der Waals surface area contributed by atoms with Crippen LogP contribution in [-0.2, 0) is 27.4 Å². The van der Waals surface area contributed by atoms with Crippen LogP contribution >= 0.6 is 11.6 Å². The number of rotatable bonds is 12. The summed E-state index contributed by atoms with van der Waals surface area (Å²) in [6.45, 7) is -0.229. The molecule has 0 saturated carbocycles. The Bertz CT molecular complexity index is 1510. The largest absolute Gasteiger partial charge is 0.484 e. The van der Waals surface area contributed by atoms with Crippen molar-refractivity contribution >= 4 is 34.4 Å². The third-order valence-electron chi connectivity index (χ3n) is 6.17. The fourth-order valence-corrected chi connectivity index (χ4v) is 4.13. The summed E-state index contributed by atoms with van der Waals surface area (Å²) in [6, 6.07) is 19.1. The number of nitrogens with zero attached hydrogens (tertiary/aromatic N) is 2. The molecule has 0 aliphatic rings. The Morgan fingerprint density at radius 2 is 1.65 bits per heavy atom. The number of hydrogen-bond acceptors (Lipinski definition) is 6. The highest BCUT2D eigenvalue weighted by molar-refractivity contribution is 6.30. The number of benzene rings is 3. The van der Waals surface area contributed by atoms with E-state index in [2.05, 4.69) is 0 Å². The lowest BCUT2D eigenvalue weighted by Gasteiger charge is -2.28. The highest BCUT2D eigenvalue weighted by atomic mass is 35.5. The number of methoxy groups -OCH3 is 1. The molecule has 1 heterocycles. The molecule has 0 fully saturated rings. The van der Waals surface area contributed by atoms with E-state index < -0.39 is 17.6 Å². The van der Waals surface area contributed by atoms with E-state index >= 15 is 0 Å². The van der Waals surface area contributed by atoms with Gasteiger partial charge in [0.25, 0.3) is 5.91 Å². The average molecular weight is 567 g/mol. The number of para-hydroxylation sites is 1. The van der Waals surface area contributed by atoms with Crippen molar-refractivity contribution in [3.8, 4) is 5.75 Å². The van der Waals surface area contributed by atoms with Crippen molar-refractivity contribution in [2.45, 2.75) is 13.1 Å². The molecule has 0 atom stereocenters. The van der Waals surface area contributed by atoms with Crippen LogP contribution in [0, 0.1) is 5.82 Å². The van der Waals surface area contributed by atoms with Gasteiger partial charge in [-0.3, -0.25) is 14.4 Å². The van der Waals surface area contributed by atoms with Gasteiger partial charge in [-0.1, -0.05) is 35.9 Å². The fraction of sp³-hybridized carbons (Fsp3) is 0.233. The van der Waals surface area contributed by atoms with Crippen LogP contribution in [-0.4, -0.2) is 55.0 Å². The second-order valence-electron chi connectivity index (χ2n) is 9.01. The van der Waals surface area contributed by atoms with Crippen molar-refractivity contribution in [2.24, 2.45) is 0 Å². The summed E-state index contributed by atoms with van der Waals surface area (Å²) in [5, 5.41) is 0.929. The number of hydrogen-bond donors (Lipinski definition) is 0. The number of ether oxygens (including phenoxy) is 2. The van der Waals surface area contributed by atoms with Gasteiger partial charge in [-0.2, -0.15) is 0 Å². The Balaban J connectivity index is 1.54. The topological polar surface area (TPSA) is 89.3 Å². The Morgan fingerprint density at radius 1 is 0.925 bits per heavy atom. The highest BCUT2D eigenvalue weighted by Crippen LogP contribution is 2.17. The van der Waals surface area contributed by atoms with Gasteiger partial charge >= 0.3 is 0 Å². The van der Waals surface area contributed by atoms with E-state index in [0.717, 1.165) is 0 Å². The summed E-state index contributed by atoms with van der Waals surface area (Å²) >= 11 is 5.90. The minimum Gasteiger partial charge on any atom is -0.484 e. The van der Waals surface area contributed by atoms with Crippen LogP contribution < -0.4 is 10.2 Å². The number of carbonyl (C=O) groups is 2. The van der Waals surface area contributed by atoms with E-state index in [4.69, 9.17) is 25.5 Å². The van der Waals surface area contributed by atoms with E-state index in [0.29, 0.717) is 27.3 Å². The van der Waals surface area contributed by atoms with Gasteiger partial charge in [0.1, 0.15) is 17.1 Å². The first-order valence-corrected chi connectivity index (χ1v) is 12.9. The minimum absolute atomic E-state index is 0.0725. The minimum atomic E-state index is -0.424. The molecular formula is C30H28ClFN2O6. The molecule has 8 nitrogen and oxygen atoms in total. The van der Waals surface area contributed by atoms with Gasteiger partial charge in [0.2, 0.25) is 5.91 Å². The fourth-order valence-electron chi connectivity index (χ4n) is 4.00. The number of amides is 2. The maximum absolute atomic E-state index is 13.6. The molecule has 40 heavy (non-hydrogen) atoms. The summed E-state index contributed by atoms with van der Waals surface area (Å²) in [6.07, 6.45) is 1.34. The lowest BCUT2D eigenvalue weighted by molar-refractivity contribution is -0.142. The highest BCUT2D eigenvalue weighted by Gasteiger charge is 2.23. The Morgan fingerprint density at radius 3 is 2.38 bits per heavy atom. The number of halogens is 2. The van der Waals surface area contributed by atoms with Crippen molar-refractivity contribution in [2.75, 3.05) is 33.4 Å². The molecule has 0 aliphatic carbocycles. The lowest BCUT2D eigenvalue weighted by Crippen LogP contribution is -2.45. The molecule has 0 spiro atoms. The molecule has 0 bridgehead atoms. The van der Waals surface area contributed by atoms with Crippen LogP contribution in [0.3, 0.4) is 0 Å². The first-order chi connectivity index (χ1) is 19.3. The smallest absolute Gasteiger partial charge is 0.261 e. The van der Waals surface area contributed by atoms with Crippen LogP contribution in [0.2, 0.25) is 5.02 Å². The van der Waals surface area contributed by atoms with Gasteiger partial charge in [0.15, 0.2) is 12.0 Å². The molecular weight excluding hydrogens is 539 g/mol. The predicted molar refractivity (Wildman–Crippen MR) is 149 cm³/mol. The number of carbonyl (C=O) groups excluding carboxylic acids is 2. The third-order valence-corrected chi connectivity index (χ3v) is 6.42. The molecule has 4 aromatic rings. The van der Waals surface area contributed by atoms with Gasteiger partial charge < -0.3 is 23.7 Å². The van der Waals surface area contributed by atoms with E-state index in [1.165, 1.54) is 35.3 Å². The van der Waals surface area contributed by atoms with E-state index in [1.54, 1.807) is 60.7 Å². The van der Waals surface area contributed by atoms with Crippen molar-refractivity contribution in [3.05, 3.63) is 111 Å². The SMILES string of the molecule is COCCN(CC(=O)N(Cc1ccc(F)cc1)Cc1coc2ccccc2c1=O)C(=O)COc1ccc(Cl)cc1. The zero-order chi connectivity index (χ0) is 28.5. The standard InChI is InChI=1S/C30H28ClFN2O6/c1-38-15-14-33(29(36)20-39-25-12-8-23(31)9-13-25)18-28(35)34(16-21-6-10-24(32)11-7-21)17-22-19-40-27-5-3-2-4-26(27)30(22)37/h2-13,19H,14-18,20H2,1H3. The first-order valence-electron chi connectivity index (χ1n) is 12.5. The molecule has 3 aromatic carbocycles. The lowest BCUT2D eigenvalue weighted by atomic mass is 10.1. The molecule has 1 aromatic heterocycles. The molecule has 4 rings (SSSR count). The molecule has 208 valence electrons. The van der Waals surface area contributed by atoms with Crippen LogP contribution in [0.1, 0.15) is 11.1 Å². The molecule has 0 aliphatic heterocycles.